The van der Waals surface area contributed by atoms with Crippen LogP contribution < -0.4 is 11.3 Å². The molecular formula is C16H26N2. The maximum Gasteiger partial charge on any atom is 0.0516 e. The van der Waals surface area contributed by atoms with Crippen LogP contribution in [-0.2, 0) is 0 Å². The Hall–Kier alpha value is -0.860. The number of nitrogens with two attached hydrogens (primary N) is 1. The summed E-state index contributed by atoms with van der Waals surface area (Å²) >= 11 is 0. The molecule has 2 heteroatoms. The largest absolute Gasteiger partial charge is 0.271 e. The van der Waals surface area contributed by atoms with E-state index in [9.17, 15) is 0 Å². The van der Waals surface area contributed by atoms with Crippen molar-refractivity contribution in [1.82, 2.24) is 5.43 Å². The molecular weight excluding hydrogens is 220 g/mol. The Morgan fingerprint density at radius 2 is 1.78 bits per heavy atom. The quantitative estimate of drug-likeness (QED) is 0.612. The van der Waals surface area contributed by atoms with Crippen molar-refractivity contribution in [2.75, 3.05) is 0 Å². The molecule has 1 atom stereocenters. The predicted molar refractivity (Wildman–Crippen MR) is 76.9 cm³/mol. The molecule has 0 aromatic heterocycles. The van der Waals surface area contributed by atoms with Gasteiger partial charge in [-0.15, -0.1) is 0 Å². The average molecular weight is 246 g/mol. The number of hydrogen-bond acceptors (Lipinski definition) is 2. The third kappa shape index (κ3) is 2.76. The first-order valence-corrected chi connectivity index (χ1v) is 7.19. The van der Waals surface area contributed by atoms with Crippen LogP contribution in [0.1, 0.15) is 57.6 Å². The normalized spacial score (nSPS) is 20.2. The monoisotopic (exact) mass is 246 g/mol. The Bertz CT molecular complexity index is 353. The average Bonchev–Trinajstić information content (AvgIpc) is 2.79. The molecule has 0 bridgehead atoms. The minimum atomic E-state index is 0.295. The molecule has 1 fully saturated rings. The molecule has 100 valence electrons. The molecule has 0 amide bonds. The van der Waals surface area contributed by atoms with Crippen molar-refractivity contribution in [1.29, 1.82) is 0 Å². The van der Waals surface area contributed by atoms with Gasteiger partial charge in [-0.05, 0) is 36.2 Å². The molecule has 2 rings (SSSR count). The number of rotatable bonds is 5. The Balaban J connectivity index is 2.28. The SMILES string of the molecule is CC(C)CC1(C(NN)c2ccccc2)CCCC1. The smallest absolute Gasteiger partial charge is 0.0516 e. The maximum absolute atomic E-state index is 5.90. The third-order valence-electron chi connectivity index (χ3n) is 4.33. The first-order chi connectivity index (χ1) is 8.68. The lowest BCUT2D eigenvalue weighted by molar-refractivity contribution is 0.156. The summed E-state index contributed by atoms with van der Waals surface area (Å²) in [6, 6.07) is 11.0. The predicted octanol–water partition coefficient (Wildman–Crippen LogP) is 3.80. The molecule has 18 heavy (non-hydrogen) atoms. The van der Waals surface area contributed by atoms with Gasteiger partial charge in [0.05, 0.1) is 6.04 Å². The van der Waals surface area contributed by atoms with E-state index in [2.05, 4.69) is 49.6 Å². The summed E-state index contributed by atoms with van der Waals surface area (Å²) in [4.78, 5) is 0. The first kappa shape index (κ1) is 13.6. The Morgan fingerprint density at radius 1 is 1.17 bits per heavy atom. The molecule has 1 saturated carbocycles. The van der Waals surface area contributed by atoms with Gasteiger partial charge in [-0.3, -0.25) is 11.3 Å². The molecule has 0 heterocycles. The number of hydrazine groups is 1. The second kappa shape index (κ2) is 5.85. The van der Waals surface area contributed by atoms with Crippen LogP contribution in [0.4, 0.5) is 0 Å². The molecule has 1 aromatic rings. The summed E-state index contributed by atoms with van der Waals surface area (Å²) in [5.41, 5.74) is 4.79. The van der Waals surface area contributed by atoms with Gasteiger partial charge in [-0.25, -0.2) is 0 Å². The van der Waals surface area contributed by atoms with Crippen molar-refractivity contribution in [3.63, 3.8) is 0 Å². The molecule has 0 spiro atoms. The van der Waals surface area contributed by atoms with E-state index in [-0.39, 0.29) is 0 Å². The van der Waals surface area contributed by atoms with Crippen molar-refractivity contribution >= 4 is 0 Å². The summed E-state index contributed by atoms with van der Waals surface area (Å²) in [6.45, 7) is 4.64. The van der Waals surface area contributed by atoms with E-state index in [1.165, 1.54) is 37.7 Å². The van der Waals surface area contributed by atoms with E-state index in [4.69, 9.17) is 5.84 Å². The summed E-state index contributed by atoms with van der Waals surface area (Å²) in [5.74, 6) is 6.62. The zero-order valence-corrected chi connectivity index (χ0v) is 11.7. The zero-order chi connectivity index (χ0) is 13.0. The zero-order valence-electron chi connectivity index (χ0n) is 11.7. The third-order valence-corrected chi connectivity index (χ3v) is 4.33. The van der Waals surface area contributed by atoms with Crippen molar-refractivity contribution in [3.05, 3.63) is 35.9 Å². The summed E-state index contributed by atoms with van der Waals surface area (Å²) in [5, 5.41) is 0. The second-order valence-corrected chi connectivity index (χ2v) is 6.18. The lowest BCUT2D eigenvalue weighted by atomic mass is 9.70. The lowest BCUT2D eigenvalue weighted by Crippen LogP contribution is -2.41. The van der Waals surface area contributed by atoms with Crippen molar-refractivity contribution < 1.29 is 0 Å². The highest BCUT2D eigenvalue weighted by Crippen LogP contribution is 2.51. The van der Waals surface area contributed by atoms with E-state index in [0.717, 1.165) is 5.92 Å². The minimum absolute atomic E-state index is 0.295. The van der Waals surface area contributed by atoms with Crippen LogP contribution in [0.15, 0.2) is 30.3 Å². The highest BCUT2D eigenvalue weighted by Gasteiger charge is 2.41. The Kier molecular flexibility index (Phi) is 4.41. The van der Waals surface area contributed by atoms with Crippen LogP contribution in [0.25, 0.3) is 0 Å². The minimum Gasteiger partial charge on any atom is -0.271 e. The van der Waals surface area contributed by atoms with Gasteiger partial charge in [-0.1, -0.05) is 57.0 Å². The molecule has 1 aliphatic carbocycles. The summed E-state index contributed by atoms with van der Waals surface area (Å²) in [6.07, 6.45) is 6.55. The van der Waals surface area contributed by atoms with E-state index in [1.807, 2.05) is 0 Å². The Morgan fingerprint density at radius 3 is 2.28 bits per heavy atom. The fourth-order valence-electron chi connectivity index (χ4n) is 3.77. The fraction of sp³-hybridized carbons (Fsp3) is 0.625. The van der Waals surface area contributed by atoms with E-state index >= 15 is 0 Å². The van der Waals surface area contributed by atoms with Gasteiger partial charge >= 0.3 is 0 Å². The lowest BCUT2D eigenvalue weighted by Gasteiger charge is -2.39. The summed E-state index contributed by atoms with van der Waals surface area (Å²) < 4.78 is 0. The van der Waals surface area contributed by atoms with Gasteiger partial charge in [-0.2, -0.15) is 0 Å². The molecule has 3 N–H and O–H groups in total. The number of benzene rings is 1. The summed E-state index contributed by atoms with van der Waals surface area (Å²) in [7, 11) is 0. The number of nitrogens with one attached hydrogen (secondary N) is 1. The fourth-order valence-corrected chi connectivity index (χ4v) is 3.77. The molecule has 0 saturated heterocycles. The first-order valence-electron chi connectivity index (χ1n) is 7.19. The van der Waals surface area contributed by atoms with Crippen LogP contribution in [0.5, 0.6) is 0 Å². The topological polar surface area (TPSA) is 38.0 Å². The molecule has 1 aromatic carbocycles. The van der Waals surface area contributed by atoms with Gasteiger partial charge in [0.2, 0.25) is 0 Å². The van der Waals surface area contributed by atoms with Gasteiger partial charge in [0.1, 0.15) is 0 Å². The van der Waals surface area contributed by atoms with Crippen LogP contribution in [0, 0.1) is 11.3 Å². The molecule has 0 aliphatic heterocycles. The highest BCUT2D eigenvalue weighted by atomic mass is 15.2. The molecule has 1 unspecified atom stereocenters. The second-order valence-electron chi connectivity index (χ2n) is 6.18. The van der Waals surface area contributed by atoms with Crippen LogP contribution in [-0.4, -0.2) is 0 Å². The Labute approximate surface area is 111 Å². The number of hydrogen-bond donors (Lipinski definition) is 2. The van der Waals surface area contributed by atoms with E-state index in [0.29, 0.717) is 11.5 Å². The van der Waals surface area contributed by atoms with E-state index < -0.39 is 0 Å². The standard InChI is InChI=1S/C16H26N2/c1-13(2)12-16(10-6-7-11-16)15(18-17)14-8-4-3-5-9-14/h3-5,8-9,13,15,18H,6-7,10-12,17H2,1-2H3. The van der Waals surface area contributed by atoms with Gasteiger partial charge in [0.25, 0.3) is 0 Å². The van der Waals surface area contributed by atoms with Gasteiger partial charge in [0, 0.05) is 0 Å². The molecule has 2 nitrogen and oxygen atoms in total. The van der Waals surface area contributed by atoms with E-state index in [1.54, 1.807) is 0 Å². The highest BCUT2D eigenvalue weighted by molar-refractivity contribution is 5.22. The van der Waals surface area contributed by atoms with Crippen LogP contribution in [0.2, 0.25) is 0 Å². The van der Waals surface area contributed by atoms with Gasteiger partial charge < -0.3 is 0 Å². The molecule has 0 radical (unpaired) electrons. The van der Waals surface area contributed by atoms with Gasteiger partial charge in [0.15, 0.2) is 0 Å². The molecule has 1 aliphatic rings. The van der Waals surface area contributed by atoms with Crippen molar-refractivity contribution in [2.45, 2.75) is 52.0 Å². The van der Waals surface area contributed by atoms with Crippen LogP contribution >= 0.6 is 0 Å². The van der Waals surface area contributed by atoms with Crippen molar-refractivity contribution in [3.8, 4) is 0 Å². The van der Waals surface area contributed by atoms with Crippen LogP contribution in [0.3, 0.4) is 0 Å². The maximum atomic E-state index is 5.90. The van der Waals surface area contributed by atoms with Crippen molar-refractivity contribution in [2.24, 2.45) is 17.2 Å².